The molecule has 1 unspecified atom stereocenters. The molecule has 0 saturated heterocycles. The van der Waals surface area contributed by atoms with Crippen LogP contribution in [0.2, 0.25) is 5.02 Å². The molecule has 3 aromatic rings. The van der Waals surface area contributed by atoms with Crippen LogP contribution in [0.5, 0.6) is 0 Å². The number of pyridine rings is 1. The Morgan fingerprint density at radius 3 is 2.24 bits per heavy atom. The van der Waals surface area contributed by atoms with E-state index in [4.69, 9.17) is 11.6 Å². The number of rotatable bonds is 3. The lowest BCUT2D eigenvalue weighted by Crippen LogP contribution is -2.10. The number of nitrogens with one attached hydrogen (secondary N) is 1. The quantitative estimate of drug-likeness (QED) is 0.455. The number of hydrogen-bond acceptors (Lipinski definition) is 2. The van der Waals surface area contributed by atoms with Gasteiger partial charge in [-0.2, -0.15) is 0 Å². The minimum Gasteiger partial charge on any atom is -0.296 e. The Balaban J connectivity index is 1.88. The number of benzene rings is 2. The Bertz CT molecular complexity index is 1170. The minimum absolute atomic E-state index is 0.0226. The highest BCUT2D eigenvalue weighted by Crippen LogP contribution is 2.27. The molecular weight excluding hydrogens is 428 g/mol. The third-order valence-electron chi connectivity index (χ3n) is 3.75. The summed E-state index contributed by atoms with van der Waals surface area (Å²) in [7, 11) is -2.17. The van der Waals surface area contributed by atoms with Crippen molar-refractivity contribution < 1.29 is 21.8 Å². The van der Waals surface area contributed by atoms with Crippen molar-refractivity contribution in [3.8, 4) is 11.8 Å². The first-order chi connectivity index (χ1) is 13.7. The van der Waals surface area contributed by atoms with Gasteiger partial charge in [0.2, 0.25) is 0 Å². The molecule has 9 heteroatoms. The fraction of sp³-hybridized carbons (Fsp3) is 0.0500. The van der Waals surface area contributed by atoms with Crippen LogP contribution >= 0.6 is 11.6 Å². The number of anilines is 1. The van der Waals surface area contributed by atoms with Crippen molar-refractivity contribution >= 4 is 28.3 Å². The standard InChI is InChI=1S/C20H11ClF4N2OS/c1-11-16(21)7-14(22)8-19(11)29(28)27-20-17(24)5-12(6-18(20)25)2-3-13-4-15(23)10-26-9-13/h4-10,27H,1H3. The number of aromatic nitrogens is 1. The van der Waals surface area contributed by atoms with Gasteiger partial charge in [0.05, 0.1) is 11.1 Å². The van der Waals surface area contributed by atoms with Crippen LogP contribution in [0.4, 0.5) is 23.2 Å². The van der Waals surface area contributed by atoms with E-state index in [1.54, 1.807) is 0 Å². The second kappa shape index (κ2) is 8.64. The van der Waals surface area contributed by atoms with E-state index in [2.05, 4.69) is 21.5 Å². The lowest BCUT2D eigenvalue weighted by molar-refractivity contribution is 0.590. The van der Waals surface area contributed by atoms with E-state index in [1.165, 1.54) is 13.1 Å². The van der Waals surface area contributed by atoms with Gasteiger partial charge in [0.1, 0.15) is 17.3 Å². The molecule has 3 rings (SSSR count). The first-order valence-electron chi connectivity index (χ1n) is 8.00. The minimum atomic E-state index is -2.17. The monoisotopic (exact) mass is 438 g/mol. The molecule has 0 spiro atoms. The Hall–Kier alpha value is -2.89. The topological polar surface area (TPSA) is 42.0 Å². The van der Waals surface area contributed by atoms with E-state index in [0.717, 1.165) is 36.5 Å². The molecular formula is C20H11ClF4N2OS. The number of halogens is 5. The zero-order valence-corrected chi connectivity index (χ0v) is 16.3. The summed E-state index contributed by atoms with van der Waals surface area (Å²) in [5, 5.41) is 0.0357. The summed E-state index contributed by atoms with van der Waals surface area (Å²) in [4.78, 5) is 3.58. The van der Waals surface area contributed by atoms with E-state index in [1.807, 2.05) is 0 Å². The van der Waals surface area contributed by atoms with Gasteiger partial charge in [-0.3, -0.25) is 9.71 Å². The molecule has 1 aromatic heterocycles. The molecule has 148 valence electrons. The molecule has 2 aromatic carbocycles. The summed E-state index contributed by atoms with van der Waals surface area (Å²) in [6.45, 7) is 1.50. The van der Waals surface area contributed by atoms with Crippen molar-refractivity contribution in [3.63, 3.8) is 0 Å². The highest BCUT2D eigenvalue weighted by Gasteiger charge is 2.17. The maximum atomic E-state index is 14.4. The third-order valence-corrected chi connectivity index (χ3v) is 5.36. The Labute approximate surface area is 171 Å². The summed E-state index contributed by atoms with van der Waals surface area (Å²) in [6.07, 6.45) is 2.30. The second-order valence-electron chi connectivity index (χ2n) is 5.84. The first kappa shape index (κ1) is 20.8. The first-order valence-corrected chi connectivity index (χ1v) is 9.53. The van der Waals surface area contributed by atoms with Gasteiger partial charge >= 0.3 is 0 Å². The van der Waals surface area contributed by atoms with Gasteiger partial charge in [0.25, 0.3) is 0 Å². The van der Waals surface area contributed by atoms with E-state index in [0.29, 0.717) is 5.56 Å². The Kier molecular flexibility index (Phi) is 6.20. The van der Waals surface area contributed by atoms with Crippen LogP contribution in [0.15, 0.2) is 47.6 Å². The summed E-state index contributed by atoms with van der Waals surface area (Å²) >= 11 is 5.85. The highest BCUT2D eigenvalue weighted by molar-refractivity contribution is 7.86. The fourth-order valence-corrected chi connectivity index (χ4v) is 3.69. The SMILES string of the molecule is Cc1c(Cl)cc(F)cc1S(=O)Nc1c(F)cc(C#Cc2cncc(F)c2)cc1F. The molecule has 1 N–H and O–H groups in total. The maximum Gasteiger partial charge on any atom is 0.151 e. The van der Waals surface area contributed by atoms with Gasteiger partial charge in [-0.1, -0.05) is 23.4 Å². The third kappa shape index (κ3) is 4.94. The normalized spacial score (nSPS) is 11.5. The van der Waals surface area contributed by atoms with E-state index >= 15 is 0 Å². The molecule has 0 aliphatic carbocycles. The lowest BCUT2D eigenvalue weighted by atomic mass is 10.1. The van der Waals surface area contributed by atoms with Gasteiger partial charge < -0.3 is 0 Å². The van der Waals surface area contributed by atoms with Gasteiger partial charge in [-0.05, 0) is 42.8 Å². The van der Waals surface area contributed by atoms with Crippen LogP contribution in [0, 0.1) is 42.0 Å². The molecule has 0 aliphatic heterocycles. The van der Waals surface area contributed by atoms with Crippen molar-refractivity contribution in [2.45, 2.75) is 11.8 Å². The van der Waals surface area contributed by atoms with E-state index in [-0.39, 0.29) is 21.0 Å². The van der Waals surface area contributed by atoms with Crippen LogP contribution in [-0.4, -0.2) is 9.19 Å². The highest BCUT2D eigenvalue weighted by atomic mass is 35.5. The van der Waals surface area contributed by atoms with Crippen LogP contribution in [0.3, 0.4) is 0 Å². The molecule has 0 aliphatic rings. The van der Waals surface area contributed by atoms with Crippen LogP contribution in [0.25, 0.3) is 0 Å². The average molecular weight is 439 g/mol. The molecule has 1 heterocycles. The van der Waals surface area contributed by atoms with E-state index in [9.17, 15) is 21.8 Å². The van der Waals surface area contributed by atoms with Crippen molar-refractivity contribution in [1.29, 1.82) is 0 Å². The zero-order chi connectivity index (χ0) is 21.1. The van der Waals surface area contributed by atoms with Gasteiger partial charge in [-0.25, -0.2) is 21.8 Å². The average Bonchev–Trinajstić information content (AvgIpc) is 2.65. The molecule has 3 nitrogen and oxygen atoms in total. The summed E-state index contributed by atoms with van der Waals surface area (Å²) in [5.74, 6) is 1.60. The summed E-state index contributed by atoms with van der Waals surface area (Å²) < 4.78 is 70.0. The molecule has 0 saturated carbocycles. The molecule has 0 fully saturated rings. The van der Waals surface area contributed by atoms with Crippen LogP contribution in [-0.2, 0) is 11.0 Å². The maximum absolute atomic E-state index is 14.4. The molecule has 0 amide bonds. The van der Waals surface area contributed by atoms with Crippen LogP contribution in [0.1, 0.15) is 16.7 Å². The van der Waals surface area contributed by atoms with Gasteiger partial charge in [0, 0.05) is 22.3 Å². The summed E-state index contributed by atoms with van der Waals surface area (Å²) in [5.41, 5.74) is -0.148. The van der Waals surface area contributed by atoms with E-state index < -0.39 is 39.9 Å². The van der Waals surface area contributed by atoms with Crippen LogP contribution < -0.4 is 4.72 Å². The van der Waals surface area contributed by atoms with Gasteiger partial charge in [0.15, 0.2) is 22.6 Å². The molecule has 29 heavy (non-hydrogen) atoms. The number of nitrogens with zero attached hydrogens (tertiary/aromatic N) is 1. The summed E-state index contributed by atoms with van der Waals surface area (Å²) in [6, 6.07) is 4.98. The molecule has 1 atom stereocenters. The fourth-order valence-electron chi connectivity index (χ4n) is 2.33. The lowest BCUT2D eigenvalue weighted by Gasteiger charge is -2.11. The predicted octanol–water partition coefficient (Wildman–Crippen LogP) is 5.13. The largest absolute Gasteiger partial charge is 0.296 e. The van der Waals surface area contributed by atoms with Crippen molar-refractivity contribution in [2.24, 2.45) is 0 Å². The van der Waals surface area contributed by atoms with Crippen molar-refractivity contribution in [2.75, 3.05) is 4.72 Å². The molecule has 0 radical (unpaired) electrons. The Morgan fingerprint density at radius 2 is 1.59 bits per heavy atom. The van der Waals surface area contributed by atoms with Crippen molar-refractivity contribution in [3.05, 3.63) is 87.7 Å². The second-order valence-corrected chi connectivity index (χ2v) is 7.43. The smallest absolute Gasteiger partial charge is 0.151 e. The number of hydrogen-bond donors (Lipinski definition) is 1. The Morgan fingerprint density at radius 1 is 0.931 bits per heavy atom. The van der Waals surface area contributed by atoms with Crippen molar-refractivity contribution in [1.82, 2.24) is 4.98 Å². The predicted molar refractivity (Wildman–Crippen MR) is 103 cm³/mol. The van der Waals surface area contributed by atoms with Gasteiger partial charge in [-0.15, -0.1) is 0 Å². The zero-order valence-electron chi connectivity index (χ0n) is 14.7. The molecule has 0 bridgehead atoms.